The largest absolute Gasteiger partial charge is 0.493 e. The molecule has 27 heavy (non-hydrogen) atoms. The molecule has 1 saturated heterocycles. The van der Waals surface area contributed by atoms with Crippen molar-refractivity contribution in [3.8, 4) is 17.2 Å². The van der Waals surface area contributed by atoms with Gasteiger partial charge in [-0.3, -0.25) is 4.90 Å². The number of ether oxygens (including phenoxy) is 3. The van der Waals surface area contributed by atoms with Gasteiger partial charge in [0.05, 0.1) is 27.4 Å². The summed E-state index contributed by atoms with van der Waals surface area (Å²) >= 11 is 3.54. The highest BCUT2D eigenvalue weighted by molar-refractivity contribution is 9.10. The zero-order chi connectivity index (χ0) is 19.2. The van der Waals surface area contributed by atoms with E-state index in [9.17, 15) is 0 Å². The molecule has 1 fully saturated rings. The summed E-state index contributed by atoms with van der Waals surface area (Å²) in [6.07, 6.45) is 1.12. The standard InChI is InChI=1S/C21H27BrN2O3/c1-25-18-13-16(14-19(26-2)21(18)27-3)20(15-5-7-17(22)8-6-15)24-11-4-9-23-10-12-24/h5-8,13-14,20,23H,4,9-12H2,1-3H3. The molecule has 0 aliphatic carbocycles. The number of benzene rings is 2. The topological polar surface area (TPSA) is 43.0 Å². The summed E-state index contributed by atoms with van der Waals surface area (Å²) in [5.74, 6) is 1.99. The number of nitrogens with one attached hydrogen (secondary N) is 1. The molecule has 1 unspecified atom stereocenters. The van der Waals surface area contributed by atoms with Crippen LogP contribution in [0.3, 0.4) is 0 Å². The van der Waals surface area contributed by atoms with Crippen LogP contribution in [-0.4, -0.2) is 52.4 Å². The minimum absolute atomic E-state index is 0.117. The second-order valence-electron chi connectivity index (χ2n) is 6.55. The van der Waals surface area contributed by atoms with Crippen LogP contribution in [0.25, 0.3) is 0 Å². The normalized spacial score (nSPS) is 16.4. The van der Waals surface area contributed by atoms with Gasteiger partial charge >= 0.3 is 0 Å². The first-order chi connectivity index (χ1) is 13.2. The summed E-state index contributed by atoms with van der Waals surface area (Å²) in [6, 6.07) is 12.8. The number of halogens is 1. The first-order valence-electron chi connectivity index (χ1n) is 9.18. The monoisotopic (exact) mass is 434 g/mol. The maximum Gasteiger partial charge on any atom is 0.203 e. The highest BCUT2D eigenvalue weighted by Crippen LogP contribution is 2.42. The van der Waals surface area contributed by atoms with Crippen molar-refractivity contribution in [3.05, 3.63) is 52.0 Å². The predicted molar refractivity (Wildman–Crippen MR) is 111 cm³/mol. The molecule has 146 valence electrons. The predicted octanol–water partition coefficient (Wildman–Crippen LogP) is 3.86. The number of rotatable bonds is 6. The Labute approximate surface area is 169 Å². The van der Waals surface area contributed by atoms with Crippen LogP contribution in [0.1, 0.15) is 23.6 Å². The average molecular weight is 435 g/mol. The van der Waals surface area contributed by atoms with Crippen molar-refractivity contribution in [1.29, 1.82) is 0 Å². The number of nitrogens with zero attached hydrogens (tertiary/aromatic N) is 1. The summed E-state index contributed by atoms with van der Waals surface area (Å²) in [6.45, 7) is 4.05. The second-order valence-corrected chi connectivity index (χ2v) is 7.47. The molecule has 0 aromatic heterocycles. The summed E-state index contributed by atoms with van der Waals surface area (Å²) in [7, 11) is 4.95. The van der Waals surface area contributed by atoms with Gasteiger partial charge in [-0.05, 0) is 48.4 Å². The number of methoxy groups -OCH3 is 3. The second kappa shape index (κ2) is 9.44. The van der Waals surface area contributed by atoms with Crippen LogP contribution in [0.4, 0.5) is 0 Å². The van der Waals surface area contributed by atoms with Crippen LogP contribution in [0.2, 0.25) is 0 Å². The highest BCUT2D eigenvalue weighted by atomic mass is 79.9. The number of hydrogen-bond acceptors (Lipinski definition) is 5. The number of hydrogen-bond donors (Lipinski definition) is 1. The first kappa shape index (κ1) is 20.0. The van der Waals surface area contributed by atoms with Crippen LogP contribution in [0, 0.1) is 0 Å². The lowest BCUT2D eigenvalue weighted by Gasteiger charge is -2.32. The van der Waals surface area contributed by atoms with Gasteiger partial charge in [0, 0.05) is 24.1 Å². The molecular weight excluding hydrogens is 408 g/mol. The zero-order valence-electron chi connectivity index (χ0n) is 16.1. The van der Waals surface area contributed by atoms with Crippen molar-refractivity contribution in [3.63, 3.8) is 0 Å². The van der Waals surface area contributed by atoms with Gasteiger partial charge in [-0.1, -0.05) is 28.1 Å². The molecule has 1 N–H and O–H groups in total. The summed E-state index contributed by atoms with van der Waals surface area (Å²) in [5, 5.41) is 3.49. The Morgan fingerprint density at radius 2 is 1.56 bits per heavy atom. The first-order valence-corrected chi connectivity index (χ1v) is 9.97. The van der Waals surface area contributed by atoms with Gasteiger partial charge in [0.15, 0.2) is 11.5 Å². The molecule has 2 aromatic carbocycles. The Balaban J connectivity index is 2.10. The molecule has 2 aromatic rings. The molecule has 5 nitrogen and oxygen atoms in total. The molecular formula is C21H27BrN2O3. The molecule has 0 bridgehead atoms. The molecule has 1 heterocycles. The fraction of sp³-hybridized carbons (Fsp3) is 0.429. The zero-order valence-corrected chi connectivity index (χ0v) is 17.7. The van der Waals surface area contributed by atoms with Crippen LogP contribution >= 0.6 is 15.9 Å². The molecule has 1 atom stereocenters. The third-order valence-corrected chi connectivity index (χ3v) is 5.46. The molecule has 0 amide bonds. The SMILES string of the molecule is COc1cc(C(c2ccc(Br)cc2)N2CCCNCC2)cc(OC)c1OC. The lowest BCUT2D eigenvalue weighted by molar-refractivity contribution is 0.239. The molecule has 6 heteroatoms. The van der Waals surface area contributed by atoms with Crippen molar-refractivity contribution in [1.82, 2.24) is 10.2 Å². The van der Waals surface area contributed by atoms with Crippen LogP contribution in [0.5, 0.6) is 17.2 Å². The molecule has 0 saturated carbocycles. The Morgan fingerprint density at radius 1 is 0.889 bits per heavy atom. The van der Waals surface area contributed by atoms with E-state index in [2.05, 4.69) is 62.5 Å². The summed E-state index contributed by atoms with van der Waals surface area (Å²) < 4.78 is 17.8. The Hall–Kier alpha value is -1.76. The maximum atomic E-state index is 5.59. The maximum absolute atomic E-state index is 5.59. The van der Waals surface area contributed by atoms with Gasteiger partial charge in [0.2, 0.25) is 5.75 Å². The fourth-order valence-electron chi connectivity index (χ4n) is 3.64. The Kier molecular flexibility index (Phi) is 6.99. The van der Waals surface area contributed by atoms with Gasteiger partial charge in [-0.2, -0.15) is 0 Å². The lowest BCUT2D eigenvalue weighted by Crippen LogP contribution is -2.33. The van der Waals surface area contributed by atoms with Crippen molar-refractivity contribution in [2.75, 3.05) is 47.5 Å². The van der Waals surface area contributed by atoms with Gasteiger partial charge in [-0.15, -0.1) is 0 Å². The quantitative estimate of drug-likeness (QED) is 0.747. The van der Waals surface area contributed by atoms with E-state index in [1.165, 1.54) is 5.56 Å². The van der Waals surface area contributed by atoms with Crippen molar-refractivity contribution >= 4 is 15.9 Å². The third kappa shape index (κ3) is 4.57. The minimum Gasteiger partial charge on any atom is -0.493 e. The molecule has 1 aliphatic rings. The van der Waals surface area contributed by atoms with Crippen molar-refractivity contribution < 1.29 is 14.2 Å². The van der Waals surface area contributed by atoms with E-state index in [1.807, 2.05) is 0 Å². The third-order valence-electron chi connectivity index (χ3n) is 4.93. The molecule has 1 aliphatic heterocycles. The lowest BCUT2D eigenvalue weighted by atomic mass is 9.96. The average Bonchev–Trinajstić information content (AvgIpc) is 2.98. The Morgan fingerprint density at radius 3 is 2.15 bits per heavy atom. The van der Waals surface area contributed by atoms with E-state index in [-0.39, 0.29) is 6.04 Å². The minimum atomic E-state index is 0.117. The van der Waals surface area contributed by atoms with Gasteiger partial charge < -0.3 is 19.5 Å². The van der Waals surface area contributed by atoms with Crippen molar-refractivity contribution in [2.45, 2.75) is 12.5 Å². The highest BCUT2D eigenvalue weighted by Gasteiger charge is 2.26. The fourth-order valence-corrected chi connectivity index (χ4v) is 3.91. The van der Waals surface area contributed by atoms with Gasteiger partial charge in [-0.25, -0.2) is 0 Å². The summed E-state index contributed by atoms with van der Waals surface area (Å²) in [5.41, 5.74) is 2.38. The van der Waals surface area contributed by atoms with E-state index in [1.54, 1.807) is 21.3 Å². The molecule has 0 radical (unpaired) electrons. The molecule has 0 spiro atoms. The van der Waals surface area contributed by atoms with E-state index in [4.69, 9.17) is 14.2 Å². The van der Waals surface area contributed by atoms with Crippen LogP contribution in [0.15, 0.2) is 40.9 Å². The summed E-state index contributed by atoms with van der Waals surface area (Å²) in [4.78, 5) is 2.52. The van der Waals surface area contributed by atoms with Crippen LogP contribution in [-0.2, 0) is 0 Å². The van der Waals surface area contributed by atoms with Gasteiger partial charge in [0.1, 0.15) is 0 Å². The van der Waals surface area contributed by atoms with Gasteiger partial charge in [0.25, 0.3) is 0 Å². The van der Waals surface area contributed by atoms with E-state index < -0.39 is 0 Å². The smallest absolute Gasteiger partial charge is 0.203 e. The van der Waals surface area contributed by atoms with E-state index in [0.29, 0.717) is 17.2 Å². The van der Waals surface area contributed by atoms with Crippen molar-refractivity contribution in [2.24, 2.45) is 0 Å². The van der Waals surface area contributed by atoms with E-state index >= 15 is 0 Å². The molecule has 3 rings (SSSR count). The van der Waals surface area contributed by atoms with Crippen LogP contribution < -0.4 is 19.5 Å². The Bertz CT molecular complexity index is 719. The van der Waals surface area contributed by atoms with E-state index in [0.717, 1.165) is 42.6 Å².